The molecule has 23 heavy (non-hydrogen) atoms. The Labute approximate surface area is 132 Å². The van der Waals surface area contributed by atoms with E-state index in [1.807, 2.05) is 30.3 Å². The molecular formula is C17H15N3O3. The molecule has 0 saturated carbocycles. The highest BCUT2D eigenvalue weighted by Crippen LogP contribution is 2.19. The van der Waals surface area contributed by atoms with Crippen molar-refractivity contribution in [1.82, 2.24) is 15.0 Å². The number of carboxylic acids is 1. The van der Waals surface area contributed by atoms with Gasteiger partial charge in [-0.2, -0.15) is 0 Å². The molecule has 1 aromatic heterocycles. The molecular weight excluding hydrogens is 294 g/mol. The first-order valence-electron chi connectivity index (χ1n) is 7.09. The summed E-state index contributed by atoms with van der Waals surface area (Å²) in [6.07, 6.45) is 0.760. The van der Waals surface area contributed by atoms with Crippen LogP contribution in [0.2, 0.25) is 0 Å². The predicted octanol–water partition coefficient (Wildman–Crippen LogP) is 2.11. The number of benzene rings is 2. The molecule has 6 heteroatoms. The van der Waals surface area contributed by atoms with Crippen LogP contribution in [0, 0.1) is 0 Å². The Hall–Kier alpha value is -2.99. The Balaban J connectivity index is 1.82. The zero-order valence-corrected chi connectivity index (χ0v) is 12.2. The number of aliphatic hydroxyl groups is 1. The van der Waals surface area contributed by atoms with Crippen molar-refractivity contribution in [1.29, 1.82) is 0 Å². The summed E-state index contributed by atoms with van der Waals surface area (Å²) >= 11 is 0. The van der Waals surface area contributed by atoms with Gasteiger partial charge in [0.15, 0.2) is 0 Å². The molecule has 0 fully saturated rings. The molecule has 0 radical (unpaired) electrons. The van der Waals surface area contributed by atoms with Gasteiger partial charge in [0.1, 0.15) is 11.8 Å². The smallest absolute Gasteiger partial charge is 0.336 e. The summed E-state index contributed by atoms with van der Waals surface area (Å²) in [5, 5.41) is 27.5. The summed E-state index contributed by atoms with van der Waals surface area (Å²) < 4.78 is 1.52. The third kappa shape index (κ3) is 3.27. The van der Waals surface area contributed by atoms with Gasteiger partial charge in [0.25, 0.3) is 0 Å². The van der Waals surface area contributed by atoms with Crippen molar-refractivity contribution >= 4 is 5.97 Å². The fourth-order valence-corrected chi connectivity index (χ4v) is 2.36. The molecule has 1 atom stereocenters. The Bertz CT molecular complexity index is 815. The van der Waals surface area contributed by atoms with Gasteiger partial charge in [0.2, 0.25) is 0 Å². The van der Waals surface area contributed by atoms with Crippen LogP contribution in [0.15, 0.2) is 60.8 Å². The molecule has 0 unspecified atom stereocenters. The summed E-state index contributed by atoms with van der Waals surface area (Å²) in [5.74, 6) is -0.981. The van der Waals surface area contributed by atoms with Crippen LogP contribution in [0.1, 0.15) is 33.3 Å². The second-order valence-electron chi connectivity index (χ2n) is 5.12. The number of hydrogen-bond acceptors (Lipinski definition) is 4. The molecule has 0 saturated heterocycles. The van der Waals surface area contributed by atoms with Crippen molar-refractivity contribution in [2.75, 3.05) is 0 Å². The number of hydrogen-bond donors (Lipinski definition) is 2. The monoisotopic (exact) mass is 309 g/mol. The molecule has 0 aliphatic rings. The summed E-state index contributed by atoms with van der Waals surface area (Å²) in [5.41, 5.74) is 2.01. The van der Waals surface area contributed by atoms with E-state index >= 15 is 0 Å². The maximum absolute atomic E-state index is 11.2. The zero-order valence-electron chi connectivity index (χ0n) is 12.2. The maximum atomic E-state index is 11.2. The minimum atomic E-state index is -0.981. The number of carboxylic acid groups (broad SMARTS) is 1. The molecule has 0 bridgehead atoms. The lowest BCUT2D eigenvalue weighted by Crippen LogP contribution is -2.07. The molecule has 1 heterocycles. The van der Waals surface area contributed by atoms with E-state index < -0.39 is 12.1 Å². The number of carbonyl (C=O) groups is 1. The standard InChI is InChI=1S/C17H15N3O3/c21-16(12-6-2-1-3-7-12)15-11-20(19-18-15)10-13-8-4-5-9-14(13)17(22)23/h1-9,11,16,21H,10H2,(H,22,23)/t16-/m1/s1. The number of aromatic carboxylic acids is 1. The highest BCUT2D eigenvalue weighted by Gasteiger charge is 2.15. The SMILES string of the molecule is O=C(O)c1ccccc1Cn1cc([C@H](O)c2ccccc2)nn1. The summed E-state index contributed by atoms with van der Waals surface area (Å²) in [6.45, 7) is 0.275. The van der Waals surface area contributed by atoms with Crippen LogP contribution in [0.25, 0.3) is 0 Å². The maximum Gasteiger partial charge on any atom is 0.336 e. The van der Waals surface area contributed by atoms with E-state index in [0.717, 1.165) is 5.56 Å². The Morgan fingerprint density at radius 1 is 1.09 bits per heavy atom. The fourth-order valence-electron chi connectivity index (χ4n) is 2.36. The topological polar surface area (TPSA) is 88.2 Å². The molecule has 2 N–H and O–H groups in total. The van der Waals surface area contributed by atoms with E-state index in [9.17, 15) is 15.0 Å². The molecule has 0 amide bonds. The predicted molar refractivity (Wildman–Crippen MR) is 83.0 cm³/mol. The lowest BCUT2D eigenvalue weighted by atomic mass is 10.1. The minimum absolute atomic E-state index is 0.230. The largest absolute Gasteiger partial charge is 0.478 e. The number of aromatic nitrogens is 3. The second kappa shape index (κ2) is 6.41. The van der Waals surface area contributed by atoms with E-state index in [0.29, 0.717) is 11.3 Å². The number of aliphatic hydroxyl groups excluding tert-OH is 1. The van der Waals surface area contributed by atoms with Crippen molar-refractivity contribution in [3.63, 3.8) is 0 Å². The van der Waals surface area contributed by atoms with Gasteiger partial charge < -0.3 is 10.2 Å². The third-order valence-electron chi connectivity index (χ3n) is 3.53. The van der Waals surface area contributed by atoms with Crippen molar-refractivity contribution in [3.05, 3.63) is 83.2 Å². The molecule has 2 aromatic carbocycles. The number of nitrogens with zero attached hydrogens (tertiary/aromatic N) is 3. The molecule has 0 spiro atoms. The van der Waals surface area contributed by atoms with Gasteiger partial charge >= 0.3 is 5.97 Å². The van der Waals surface area contributed by atoms with E-state index in [1.165, 1.54) is 4.68 Å². The van der Waals surface area contributed by atoms with Crippen LogP contribution in [-0.4, -0.2) is 31.2 Å². The van der Waals surface area contributed by atoms with Crippen molar-refractivity contribution in [2.45, 2.75) is 12.6 Å². The van der Waals surface area contributed by atoms with Gasteiger partial charge in [-0.15, -0.1) is 5.10 Å². The van der Waals surface area contributed by atoms with Crippen molar-refractivity contribution in [2.24, 2.45) is 0 Å². The summed E-state index contributed by atoms with van der Waals surface area (Å²) in [7, 11) is 0. The van der Waals surface area contributed by atoms with Crippen molar-refractivity contribution < 1.29 is 15.0 Å². The first-order valence-corrected chi connectivity index (χ1v) is 7.09. The average Bonchev–Trinajstić information content (AvgIpc) is 3.04. The van der Waals surface area contributed by atoms with Gasteiger partial charge in [-0.25, -0.2) is 9.48 Å². The van der Waals surface area contributed by atoms with E-state index in [-0.39, 0.29) is 12.1 Å². The van der Waals surface area contributed by atoms with Crippen molar-refractivity contribution in [3.8, 4) is 0 Å². The van der Waals surface area contributed by atoms with Gasteiger partial charge in [-0.05, 0) is 17.2 Å². The van der Waals surface area contributed by atoms with Gasteiger partial charge in [-0.1, -0.05) is 53.7 Å². The number of rotatable bonds is 5. The van der Waals surface area contributed by atoms with Crippen LogP contribution in [-0.2, 0) is 6.54 Å². The highest BCUT2D eigenvalue weighted by molar-refractivity contribution is 5.89. The van der Waals surface area contributed by atoms with E-state index in [2.05, 4.69) is 10.3 Å². The van der Waals surface area contributed by atoms with Gasteiger partial charge in [-0.3, -0.25) is 0 Å². The first kappa shape index (κ1) is 14.9. The van der Waals surface area contributed by atoms with Crippen LogP contribution < -0.4 is 0 Å². The van der Waals surface area contributed by atoms with Crippen LogP contribution in [0.3, 0.4) is 0 Å². The first-order chi connectivity index (χ1) is 11.1. The molecule has 3 rings (SSSR count). The zero-order chi connectivity index (χ0) is 16.2. The van der Waals surface area contributed by atoms with Crippen LogP contribution >= 0.6 is 0 Å². The molecule has 0 aliphatic carbocycles. The summed E-state index contributed by atoms with van der Waals surface area (Å²) in [6, 6.07) is 15.9. The Morgan fingerprint density at radius 2 is 1.78 bits per heavy atom. The molecule has 0 aliphatic heterocycles. The molecule has 6 nitrogen and oxygen atoms in total. The Morgan fingerprint density at radius 3 is 2.52 bits per heavy atom. The van der Waals surface area contributed by atoms with Gasteiger partial charge in [0.05, 0.1) is 18.3 Å². The fraction of sp³-hybridized carbons (Fsp3) is 0.118. The van der Waals surface area contributed by atoms with Gasteiger partial charge in [0, 0.05) is 0 Å². The van der Waals surface area contributed by atoms with E-state index in [4.69, 9.17) is 0 Å². The summed E-state index contributed by atoms with van der Waals surface area (Å²) in [4.78, 5) is 11.2. The Kier molecular flexibility index (Phi) is 4.16. The lowest BCUT2D eigenvalue weighted by molar-refractivity contribution is 0.0695. The molecule has 116 valence electrons. The van der Waals surface area contributed by atoms with E-state index in [1.54, 1.807) is 30.5 Å². The minimum Gasteiger partial charge on any atom is -0.478 e. The third-order valence-corrected chi connectivity index (χ3v) is 3.53. The average molecular weight is 309 g/mol. The second-order valence-corrected chi connectivity index (χ2v) is 5.12. The van der Waals surface area contributed by atoms with Crippen LogP contribution in [0.5, 0.6) is 0 Å². The lowest BCUT2D eigenvalue weighted by Gasteiger charge is -2.07. The normalized spacial score (nSPS) is 12.0. The molecule has 3 aromatic rings. The van der Waals surface area contributed by atoms with Crippen LogP contribution in [0.4, 0.5) is 0 Å². The quantitative estimate of drug-likeness (QED) is 0.753. The highest BCUT2D eigenvalue weighted by atomic mass is 16.4.